The van der Waals surface area contributed by atoms with Gasteiger partial charge in [-0.15, -0.1) is 0 Å². The van der Waals surface area contributed by atoms with Gasteiger partial charge in [0.05, 0.1) is 0 Å². The van der Waals surface area contributed by atoms with Crippen LogP contribution in [0.15, 0.2) is 18.3 Å². The number of nitrogens with zero attached hydrogens (tertiary/aromatic N) is 2. The number of aromatic nitrogens is 1. The molecule has 0 aliphatic carbocycles. The summed E-state index contributed by atoms with van der Waals surface area (Å²) in [7, 11) is 0. The third-order valence-corrected chi connectivity index (χ3v) is 2.64. The van der Waals surface area contributed by atoms with Crippen molar-refractivity contribution in [2.75, 3.05) is 19.6 Å². The Labute approximate surface area is 94.1 Å². The first-order valence-corrected chi connectivity index (χ1v) is 5.35. The van der Waals surface area contributed by atoms with Crippen LogP contribution in [0, 0.1) is 0 Å². The Morgan fingerprint density at radius 3 is 3.19 bits per heavy atom. The SMILES string of the molecule is C[C@H]1CN(C(=O)c2ncccc2O)CCN1. The second kappa shape index (κ2) is 4.49. The van der Waals surface area contributed by atoms with Gasteiger partial charge < -0.3 is 15.3 Å². The van der Waals surface area contributed by atoms with Crippen LogP contribution < -0.4 is 5.32 Å². The van der Waals surface area contributed by atoms with Gasteiger partial charge in [-0.05, 0) is 19.1 Å². The smallest absolute Gasteiger partial charge is 0.276 e. The molecule has 86 valence electrons. The summed E-state index contributed by atoms with van der Waals surface area (Å²) in [5, 5.41) is 12.8. The van der Waals surface area contributed by atoms with E-state index in [1.54, 1.807) is 11.0 Å². The van der Waals surface area contributed by atoms with E-state index in [9.17, 15) is 9.90 Å². The summed E-state index contributed by atoms with van der Waals surface area (Å²) in [4.78, 5) is 17.7. The molecule has 1 aromatic heterocycles. The van der Waals surface area contributed by atoms with Crippen molar-refractivity contribution < 1.29 is 9.90 Å². The van der Waals surface area contributed by atoms with Crippen molar-refractivity contribution in [1.29, 1.82) is 0 Å². The van der Waals surface area contributed by atoms with Gasteiger partial charge >= 0.3 is 0 Å². The van der Waals surface area contributed by atoms with E-state index in [0.717, 1.165) is 6.54 Å². The van der Waals surface area contributed by atoms with Gasteiger partial charge in [0.1, 0.15) is 5.75 Å². The number of hydrogen-bond donors (Lipinski definition) is 2. The highest BCUT2D eigenvalue weighted by atomic mass is 16.3. The zero-order chi connectivity index (χ0) is 11.5. The quantitative estimate of drug-likeness (QED) is 0.712. The third-order valence-electron chi connectivity index (χ3n) is 2.64. The first kappa shape index (κ1) is 10.9. The fraction of sp³-hybridized carbons (Fsp3) is 0.455. The number of rotatable bonds is 1. The summed E-state index contributed by atoms with van der Waals surface area (Å²) in [6, 6.07) is 3.36. The Morgan fingerprint density at radius 1 is 1.69 bits per heavy atom. The fourth-order valence-corrected chi connectivity index (χ4v) is 1.83. The van der Waals surface area contributed by atoms with E-state index in [1.807, 2.05) is 6.92 Å². The van der Waals surface area contributed by atoms with Crippen molar-refractivity contribution in [3.8, 4) is 5.75 Å². The summed E-state index contributed by atoms with van der Waals surface area (Å²) in [5.74, 6) is -0.259. The molecular weight excluding hydrogens is 206 g/mol. The van der Waals surface area contributed by atoms with Crippen molar-refractivity contribution in [2.45, 2.75) is 13.0 Å². The van der Waals surface area contributed by atoms with Gasteiger partial charge in [0.15, 0.2) is 5.69 Å². The molecule has 1 atom stereocenters. The zero-order valence-corrected chi connectivity index (χ0v) is 9.18. The number of aromatic hydroxyl groups is 1. The van der Waals surface area contributed by atoms with Gasteiger partial charge in [-0.2, -0.15) is 0 Å². The molecule has 5 heteroatoms. The van der Waals surface area contributed by atoms with Crippen molar-refractivity contribution in [1.82, 2.24) is 15.2 Å². The van der Waals surface area contributed by atoms with Crippen molar-refractivity contribution in [3.05, 3.63) is 24.0 Å². The minimum atomic E-state index is -0.202. The summed E-state index contributed by atoms with van der Waals surface area (Å²) >= 11 is 0. The summed E-state index contributed by atoms with van der Waals surface area (Å²) < 4.78 is 0. The van der Waals surface area contributed by atoms with E-state index in [4.69, 9.17) is 0 Å². The molecule has 0 radical (unpaired) electrons. The molecule has 0 aromatic carbocycles. The predicted molar refractivity (Wildman–Crippen MR) is 59.3 cm³/mol. The molecule has 1 aromatic rings. The van der Waals surface area contributed by atoms with E-state index in [0.29, 0.717) is 13.1 Å². The van der Waals surface area contributed by atoms with Crippen LogP contribution in [0.4, 0.5) is 0 Å². The topological polar surface area (TPSA) is 65.5 Å². The summed E-state index contributed by atoms with van der Waals surface area (Å²) in [6.45, 7) is 4.10. The van der Waals surface area contributed by atoms with Crippen LogP contribution in [-0.4, -0.2) is 46.6 Å². The molecule has 0 bridgehead atoms. The number of carbonyl (C=O) groups is 1. The lowest BCUT2D eigenvalue weighted by atomic mass is 10.2. The van der Waals surface area contributed by atoms with E-state index >= 15 is 0 Å². The Hall–Kier alpha value is -1.62. The van der Waals surface area contributed by atoms with Crippen molar-refractivity contribution in [3.63, 3.8) is 0 Å². The molecule has 1 amide bonds. The molecule has 1 saturated heterocycles. The highest BCUT2D eigenvalue weighted by Gasteiger charge is 2.24. The zero-order valence-electron chi connectivity index (χ0n) is 9.18. The molecule has 1 fully saturated rings. The van der Waals surface area contributed by atoms with E-state index in [-0.39, 0.29) is 23.4 Å². The maximum Gasteiger partial charge on any atom is 0.276 e. The van der Waals surface area contributed by atoms with Gasteiger partial charge in [-0.3, -0.25) is 4.79 Å². The van der Waals surface area contributed by atoms with E-state index in [2.05, 4.69) is 10.3 Å². The lowest BCUT2D eigenvalue weighted by Gasteiger charge is -2.31. The normalized spacial score (nSPS) is 20.8. The molecule has 5 nitrogen and oxygen atoms in total. The van der Waals surface area contributed by atoms with Crippen molar-refractivity contribution in [2.24, 2.45) is 0 Å². The number of nitrogens with one attached hydrogen (secondary N) is 1. The third kappa shape index (κ3) is 2.14. The minimum Gasteiger partial charge on any atom is -0.505 e. The standard InChI is InChI=1S/C11H15N3O2/c1-8-7-14(6-5-12-8)11(16)10-9(15)3-2-4-13-10/h2-4,8,12,15H,5-7H2,1H3/t8-/m0/s1. The van der Waals surface area contributed by atoms with E-state index in [1.165, 1.54) is 12.3 Å². The largest absolute Gasteiger partial charge is 0.505 e. The van der Waals surface area contributed by atoms with Crippen LogP contribution in [0.1, 0.15) is 17.4 Å². The molecule has 16 heavy (non-hydrogen) atoms. The predicted octanol–water partition coefficient (Wildman–Crippen LogP) is 0.221. The molecule has 2 N–H and O–H groups in total. The minimum absolute atomic E-state index is 0.0568. The first-order valence-electron chi connectivity index (χ1n) is 5.35. The van der Waals surface area contributed by atoms with Crippen molar-refractivity contribution >= 4 is 5.91 Å². The second-order valence-corrected chi connectivity index (χ2v) is 3.98. The first-order chi connectivity index (χ1) is 7.68. The Bertz CT molecular complexity index is 395. The number of amides is 1. The Kier molecular flexibility index (Phi) is 3.05. The maximum atomic E-state index is 12.0. The average molecular weight is 221 g/mol. The fourth-order valence-electron chi connectivity index (χ4n) is 1.83. The Morgan fingerprint density at radius 2 is 2.50 bits per heavy atom. The summed E-state index contributed by atoms with van der Waals surface area (Å²) in [5.41, 5.74) is 0.136. The molecule has 0 saturated carbocycles. The molecule has 2 heterocycles. The molecular formula is C11H15N3O2. The number of piperazine rings is 1. The highest BCUT2D eigenvalue weighted by molar-refractivity contribution is 5.94. The van der Waals surface area contributed by atoms with Gasteiger partial charge in [0.25, 0.3) is 5.91 Å². The monoisotopic (exact) mass is 221 g/mol. The molecule has 2 rings (SSSR count). The van der Waals surface area contributed by atoms with Crippen LogP contribution in [0.3, 0.4) is 0 Å². The van der Waals surface area contributed by atoms with Gasteiger partial charge in [-0.25, -0.2) is 4.98 Å². The number of hydrogen-bond acceptors (Lipinski definition) is 4. The number of carbonyl (C=O) groups excluding carboxylic acids is 1. The van der Waals surface area contributed by atoms with Crippen LogP contribution in [-0.2, 0) is 0 Å². The van der Waals surface area contributed by atoms with Crippen LogP contribution in [0.5, 0.6) is 5.75 Å². The van der Waals surface area contributed by atoms with Gasteiger partial charge in [0.2, 0.25) is 0 Å². The lowest BCUT2D eigenvalue weighted by molar-refractivity contribution is 0.0700. The van der Waals surface area contributed by atoms with Crippen LogP contribution in [0.25, 0.3) is 0 Å². The molecule has 0 unspecified atom stereocenters. The Balaban J connectivity index is 2.16. The van der Waals surface area contributed by atoms with Gasteiger partial charge in [0, 0.05) is 31.9 Å². The molecule has 1 aliphatic rings. The van der Waals surface area contributed by atoms with Crippen LogP contribution >= 0.6 is 0 Å². The number of pyridine rings is 1. The van der Waals surface area contributed by atoms with Crippen LogP contribution in [0.2, 0.25) is 0 Å². The second-order valence-electron chi connectivity index (χ2n) is 3.98. The van der Waals surface area contributed by atoms with Gasteiger partial charge in [-0.1, -0.05) is 0 Å². The highest BCUT2D eigenvalue weighted by Crippen LogP contribution is 2.15. The average Bonchev–Trinajstić information content (AvgIpc) is 2.29. The lowest BCUT2D eigenvalue weighted by Crippen LogP contribution is -2.51. The maximum absolute atomic E-state index is 12.0. The molecule has 0 spiro atoms. The van der Waals surface area contributed by atoms with E-state index < -0.39 is 0 Å². The molecule has 1 aliphatic heterocycles. The summed E-state index contributed by atoms with van der Waals surface area (Å²) in [6.07, 6.45) is 1.51.